The first-order valence-electron chi connectivity index (χ1n) is 8.42. The van der Waals surface area contributed by atoms with Gasteiger partial charge >= 0.3 is 0 Å². The van der Waals surface area contributed by atoms with Crippen molar-refractivity contribution in [3.05, 3.63) is 40.3 Å². The lowest BCUT2D eigenvalue weighted by molar-refractivity contribution is 0.0688. The van der Waals surface area contributed by atoms with Gasteiger partial charge in [-0.2, -0.15) is 5.10 Å². The second kappa shape index (κ2) is 9.29. The van der Waals surface area contributed by atoms with E-state index in [1.54, 1.807) is 31.4 Å². The van der Waals surface area contributed by atoms with Crippen molar-refractivity contribution < 1.29 is 14.3 Å². The van der Waals surface area contributed by atoms with E-state index in [2.05, 4.69) is 10.4 Å². The maximum atomic E-state index is 12.5. The van der Waals surface area contributed by atoms with E-state index < -0.39 is 0 Å². The summed E-state index contributed by atoms with van der Waals surface area (Å²) in [6, 6.07) is 6.92. The predicted octanol–water partition coefficient (Wildman–Crippen LogP) is 1.76. The molecule has 1 aromatic carbocycles. The number of aromatic nitrogens is 2. The van der Waals surface area contributed by atoms with Crippen LogP contribution in [-0.2, 0) is 9.47 Å². The maximum absolute atomic E-state index is 12.5. The van der Waals surface area contributed by atoms with E-state index in [0.717, 1.165) is 0 Å². The summed E-state index contributed by atoms with van der Waals surface area (Å²) in [6.07, 6.45) is 0.692. The number of methoxy groups -OCH3 is 1. The molecule has 136 valence electrons. The minimum Gasteiger partial charge on any atom is -0.382 e. The third kappa shape index (κ3) is 4.87. The molecule has 0 unspecified atom stereocenters. The van der Waals surface area contributed by atoms with Gasteiger partial charge in [0.2, 0.25) is 0 Å². The number of rotatable bonds is 9. The van der Waals surface area contributed by atoms with Crippen molar-refractivity contribution in [1.29, 1.82) is 0 Å². The molecule has 2 rings (SSSR count). The molecule has 1 heterocycles. The summed E-state index contributed by atoms with van der Waals surface area (Å²) >= 11 is 0. The number of nitrogens with zero attached hydrogens (tertiary/aromatic N) is 2. The van der Waals surface area contributed by atoms with Gasteiger partial charge in [0, 0.05) is 25.6 Å². The number of fused-ring (bicyclic) bond motifs is 1. The second-order valence-electron chi connectivity index (χ2n) is 5.95. The van der Waals surface area contributed by atoms with Gasteiger partial charge in [0.15, 0.2) is 5.69 Å². The lowest BCUT2D eigenvalue weighted by atomic mass is 10.1. The molecule has 7 nitrogen and oxygen atoms in total. The van der Waals surface area contributed by atoms with Crippen LogP contribution in [0.3, 0.4) is 0 Å². The van der Waals surface area contributed by atoms with Gasteiger partial charge < -0.3 is 14.8 Å². The van der Waals surface area contributed by atoms with Crippen LogP contribution in [0.25, 0.3) is 10.8 Å². The Hall–Kier alpha value is -2.25. The zero-order chi connectivity index (χ0) is 18.2. The SMILES string of the molecule is COCCOCCCNC(=O)c1nn(C(C)C)c(=O)c2ccccc12. The number of carbonyl (C=O) groups excluding carboxylic acids is 1. The fourth-order valence-corrected chi connectivity index (χ4v) is 2.43. The highest BCUT2D eigenvalue weighted by molar-refractivity contribution is 6.04. The molecular formula is C18H25N3O4. The Bertz CT molecular complexity index is 770. The molecular weight excluding hydrogens is 322 g/mol. The first-order valence-corrected chi connectivity index (χ1v) is 8.42. The van der Waals surface area contributed by atoms with Crippen molar-refractivity contribution >= 4 is 16.7 Å². The van der Waals surface area contributed by atoms with Crippen molar-refractivity contribution in [2.75, 3.05) is 33.5 Å². The van der Waals surface area contributed by atoms with E-state index in [9.17, 15) is 9.59 Å². The van der Waals surface area contributed by atoms with E-state index in [-0.39, 0.29) is 23.2 Å². The molecule has 1 N–H and O–H groups in total. The van der Waals surface area contributed by atoms with Crippen molar-refractivity contribution in [2.45, 2.75) is 26.3 Å². The van der Waals surface area contributed by atoms with Gasteiger partial charge in [0.25, 0.3) is 11.5 Å². The van der Waals surface area contributed by atoms with Gasteiger partial charge in [-0.05, 0) is 26.3 Å². The highest BCUT2D eigenvalue weighted by Gasteiger charge is 2.17. The Kier molecular flexibility index (Phi) is 7.09. The standard InChI is InChI=1S/C18H25N3O4/c1-13(2)21-18(23)15-8-5-4-7-14(15)16(20-21)17(22)19-9-6-10-25-12-11-24-3/h4-5,7-8,13H,6,9-12H2,1-3H3,(H,19,22). The monoisotopic (exact) mass is 347 g/mol. The molecule has 0 bridgehead atoms. The van der Waals surface area contributed by atoms with Crippen molar-refractivity contribution in [2.24, 2.45) is 0 Å². The van der Waals surface area contributed by atoms with Crippen LogP contribution in [0.1, 0.15) is 36.8 Å². The number of carbonyl (C=O) groups is 1. The van der Waals surface area contributed by atoms with E-state index in [4.69, 9.17) is 9.47 Å². The summed E-state index contributed by atoms with van der Waals surface area (Å²) in [5, 5.41) is 8.19. The molecule has 1 aromatic heterocycles. The molecule has 0 aliphatic rings. The van der Waals surface area contributed by atoms with E-state index in [1.165, 1.54) is 4.68 Å². The number of amides is 1. The molecule has 7 heteroatoms. The summed E-state index contributed by atoms with van der Waals surface area (Å²) < 4.78 is 11.6. The van der Waals surface area contributed by atoms with Crippen molar-refractivity contribution in [1.82, 2.24) is 15.1 Å². The molecule has 0 saturated heterocycles. The topological polar surface area (TPSA) is 82.4 Å². The zero-order valence-corrected chi connectivity index (χ0v) is 14.9. The molecule has 1 amide bonds. The number of hydrogen-bond donors (Lipinski definition) is 1. The van der Waals surface area contributed by atoms with E-state index in [0.29, 0.717) is 43.6 Å². The Morgan fingerprint density at radius 3 is 2.60 bits per heavy atom. The average molecular weight is 347 g/mol. The summed E-state index contributed by atoms with van der Waals surface area (Å²) in [6.45, 7) is 5.84. The molecule has 0 aliphatic heterocycles. The highest BCUT2D eigenvalue weighted by Crippen LogP contribution is 2.14. The lowest BCUT2D eigenvalue weighted by Gasteiger charge is -2.13. The van der Waals surface area contributed by atoms with Crippen LogP contribution in [0.2, 0.25) is 0 Å². The number of nitrogens with one attached hydrogen (secondary N) is 1. The van der Waals surface area contributed by atoms with Crippen LogP contribution in [0.4, 0.5) is 0 Å². The van der Waals surface area contributed by atoms with Gasteiger partial charge in [0.1, 0.15) is 0 Å². The van der Waals surface area contributed by atoms with Crippen LogP contribution in [-0.4, -0.2) is 49.2 Å². The first kappa shape index (κ1) is 19.1. The molecule has 0 fully saturated rings. The molecule has 25 heavy (non-hydrogen) atoms. The fourth-order valence-electron chi connectivity index (χ4n) is 2.43. The van der Waals surface area contributed by atoms with Gasteiger partial charge in [-0.15, -0.1) is 0 Å². The quantitative estimate of drug-likeness (QED) is 0.699. The molecule has 0 atom stereocenters. The van der Waals surface area contributed by atoms with Crippen LogP contribution in [0.15, 0.2) is 29.1 Å². The van der Waals surface area contributed by atoms with Gasteiger partial charge in [-0.1, -0.05) is 18.2 Å². The highest BCUT2D eigenvalue weighted by atomic mass is 16.5. The smallest absolute Gasteiger partial charge is 0.274 e. The molecule has 0 spiro atoms. The molecule has 0 radical (unpaired) electrons. The average Bonchev–Trinajstić information content (AvgIpc) is 2.61. The lowest BCUT2D eigenvalue weighted by Crippen LogP contribution is -2.32. The Morgan fingerprint density at radius 1 is 1.20 bits per heavy atom. The zero-order valence-electron chi connectivity index (χ0n) is 14.9. The predicted molar refractivity (Wildman–Crippen MR) is 96.0 cm³/mol. The summed E-state index contributed by atoms with van der Waals surface area (Å²) in [4.78, 5) is 25.0. The number of hydrogen-bond acceptors (Lipinski definition) is 5. The Morgan fingerprint density at radius 2 is 1.92 bits per heavy atom. The molecule has 2 aromatic rings. The number of ether oxygens (including phenoxy) is 2. The second-order valence-corrected chi connectivity index (χ2v) is 5.95. The van der Waals surface area contributed by atoms with Crippen LogP contribution >= 0.6 is 0 Å². The minimum atomic E-state index is -0.289. The van der Waals surface area contributed by atoms with Crippen LogP contribution in [0, 0.1) is 0 Å². The van der Waals surface area contributed by atoms with Gasteiger partial charge in [-0.25, -0.2) is 4.68 Å². The normalized spacial score (nSPS) is 11.2. The third-order valence-corrected chi connectivity index (χ3v) is 3.72. The van der Waals surface area contributed by atoms with Gasteiger partial charge in [0.05, 0.1) is 24.6 Å². The number of benzene rings is 1. The van der Waals surface area contributed by atoms with Crippen LogP contribution in [0.5, 0.6) is 0 Å². The summed E-state index contributed by atoms with van der Waals surface area (Å²) in [5.41, 5.74) is 0.0814. The minimum absolute atomic E-state index is 0.127. The Labute approximate surface area is 146 Å². The van der Waals surface area contributed by atoms with Gasteiger partial charge in [-0.3, -0.25) is 9.59 Å². The largest absolute Gasteiger partial charge is 0.382 e. The Balaban J connectivity index is 2.10. The first-order chi connectivity index (χ1) is 12.1. The summed E-state index contributed by atoms with van der Waals surface area (Å²) in [5.74, 6) is -0.289. The molecule has 0 aliphatic carbocycles. The van der Waals surface area contributed by atoms with Crippen molar-refractivity contribution in [3.63, 3.8) is 0 Å². The third-order valence-electron chi connectivity index (χ3n) is 3.72. The maximum Gasteiger partial charge on any atom is 0.274 e. The van der Waals surface area contributed by atoms with E-state index >= 15 is 0 Å². The van der Waals surface area contributed by atoms with Crippen molar-refractivity contribution in [3.8, 4) is 0 Å². The fraction of sp³-hybridized carbons (Fsp3) is 0.500. The summed E-state index contributed by atoms with van der Waals surface area (Å²) in [7, 11) is 1.62. The molecule has 0 saturated carbocycles. The van der Waals surface area contributed by atoms with E-state index in [1.807, 2.05) is 13.8 Å². The van der Waals surface area contributed by atoms with Crippen LogP contribution < -0.4 is 10.9 Å².